The van der Waals surface area contributed by atoms with Crippen molar-refractivity contribution in [3.05, 3.63) is 35.4 Å². The van der Waals surface area contributed by atoms with E-state index in [1.807, 2.05) is 0 Å². The molecule has 1 atom stereocenters. The third-order valence-corrected chi connectivity index (χ3v) is 3.84. The van der Waals surface area contributed by atoms with Gasteiger partial charge in [-0.1, -0.05) is 12.1 Å². The number of carboxylic acids is 1. The van der Waals surface area contributed by atoms with Crippen LogP contribution in [0.4, 0.5) is 13.2 Å². The molecule has 136 valence electrons. The van der Waals surface area contributed by atoms with Crippen LogP contribution in [0.1, 0.15) is 28.8 Å². The molecule has 2 rings (SSSR count). The largest absolute Gasteiger partial charge is 0.478 e. The van der Waals surface area contributed by atoms with Crippen molar-refractivity contribution in [1.82, 2.24) is 10.2 Å². The average molecular weight is 358 g/mol. The number of rotatable bonds is 6. The first-order valence-corrected chi connectivity index (χ1v) is 7.63. The lowest BCUT2D eigenvalue weighted by molar-refractivity contribution is -0.158. The van der Waals surface area contributed by atoms with Gasteiger partial charge in [0, 0.05) is 13.0 Å². The summed E-state index contributed by atoms with van der Waals surface area (Å²) >= 11 is 0. The predicted octanol–water partition coefficient (Wildman–Crippen LogP) is 1.60. The van der Waals surface area contributed by atoms with Gasteiger partial charge >= 0.3 is 12.1 Å². The zero-order valence-corrected chi connectivity index (χ0v) is 13.2. The first-order valence-electron chi connectivity index (χ1n) is 7.63. The molecule has 1 heterocycles. The van der Waals surface area contributed by atoms with Crippen LogP contribution in [-0.2, 0) is 16.0 Å². The molecule has 1 aliphatic heterocycles. The summed E-state index contributed by atoms with van der Waals surface area (Å²) in [5.41, 5.74) is 0.881. The van der Waals surface area contributed by atoms with E-state index >= 15 is 0 Å². The fraction of sp³-hybridized carbons (Fsp3) is 0.438. The van der Waals surface area contributed by atoms with Crippen LogP contribution in [0.25, 0.3) is 0 Å². The van der Waals surface area contributed by atoms with E-state index in [1.54, 1.807) is 12.1 Å². The molecule has 1 saturated heterocycles. The lowest BCUT2D eigenvalue weighted by Gasteiger charge is -2.18. The number of carbonyl (C=O) groups excluding carboxylic acids is 2. The van der Waals surface area contributed by atoms with E-state index in [0.29, 0.717) is 11.3 Å². The van der Waals surface area contributed by atoms with Crippen molar-refractivity contribution in [2.24, 2.45) is 0 Å². The number of hydrogen-bond acceptors (Lipinski definition) is 3. The van der Waals surface area contributed by atoms with Crippen molar-refractivity contribution >= 4 is 17.8 Å². The molecular weight excluding hydrogens is 341 g/mol. The zero-order chi connectivity index (χ0) is 18.6. The Bertz CT molecular complexity index is 658. The number of nitrogens with one attached hydrogen (secondary N) is 1. The van der Waals surface area contributed by atoms with Crippen molar-refractivity contribution in [2.75, 3.05) is 13.1 Å². The van der Waals surface area contributed by atoms with Crippen LogP contribution in [0.15, 0.2) is 24.3 Å². The van der Waals surface area contributed by atoms with Gasteiger partial charge in [0.1, 0.15) is 12.6 Å². The van der Waals surface area contributed by atoms with Crippen molar-refractivity contribution in [3.8, 4) is 0 Å². The fourth-order valence-corrected chi connectivity index (χ4v) is 2.58. The summed E-state index contributed by atoms with van der Waals surface area (Å²) in [6.07, 6.45) is -3.93. The Morgan fingerprint density at radius 3 is 2.44 bits per heavy atom. The van der Waals surface area contributed by atoms with Gasteiger partial charge in [0.15, 0.2) is 0 Å². The number of alkyl halides is 3. The zero-order valence-electron chi connectivity index (χ0n) is 13.2. The molecule has 0 spiro atoms. The third-order valence-electron chi connectivity index (χ3n) is 3.84. The molecule has 0 aromatic heterocycles. The van der Waals surface area contributed by atoms with Crippen LogP contribution < -0.4 is 5.32 Å². The molecule has 25 heavy (non-hydrogen) atoms. The third kappa shape index (κ3) is 5.47. The smallest absolute Gasteiger partial charge is 0.406 e. The molecule has 0 bridgehead atoms. The van der Waals surface area contributed by atoms with E-state index in [4.69, 9.17) is 5.11 Å². The SMILES string of the molecule is O=C(CCc1ccc(C(=O)O)cc1)N[C@H]1CCN(CC(F)(F)F)C1=O. The van der Waals surface area contributed by atoms with Gasteiger partial charge in [-0.05, 0) is 30.5 Å². The molecule has 1 aromatic carbocycles. The standard InChI is InChI=1S/C16H17F3N2O4/c17-16(18,19)9-21-8-7-12(14(21)23)20-13(22)6-3-10-1-4-11(5-2-10)15(24)25/h1-2,4-5,12H,3,6-9H2,(H,20,22)(H,24,25)/t12-/m0/s1. The lowest BCUT2D eigenvalue weighted by atomic mass is 10.1. The molecule has 1 fully saturated rings. The van der Waals surface area contributed by atoms with Gasteiger partial charge in [-0.25, -0.2) is 4.79 Å². The number of nitrogens with zero attached hydrogens (tertiary/aromatic N) is 1. The normalized spacial score (nSPS) is 17.6. The number of carbonyl (C=O) groups is 3. The second-order valence-corrected chi connectivity index (χ2v) is 5.79. The monoisotopic (exact) mass is 358 g/mol. The Morgan fingerprint density at radius 1 is 1.24 bits per heavy atom. The van der Waals surface area contributed by atoms with E-state index in [9.17, 15) is 27.6 Å². The van der Waals surface area contributed by atoms with Gasteiger partial charge in [0.2, 0.25) is 11.8 Å². The maximum Gasteiger partial charge on any atom is 0.406 e. The Hall–Kier alpha value is -2.58. The summed E-state index contributed by atoms with van der Waals surface area (Å²) in [6.45, 7) is -1.35. The maximum atomic E-state index is 12.3. The van der Waals surface area contributed by atoms with Crippen LogP contribution in [-0.4, -0.2) is 53.1 Å². The highest BCUT2D eigenvalue weighted by Gasteiger charge is 2.39. The Kier molecular flexibility index (Phi) is 5.66. The highest BCUT2D eigenvalue weighted by atomic mass is 19.4. The summed E-state index contributed by atoms with van der Waals surface area (Å²) in [6, 6.07) is 5.09. The number of halogens is 3. The van der Waals surface area contributed by atoms with Crippen molar-refractivity contribution in [2.45, 2.75) is 31.5 Å². The first kappa shape index (κ1) is 18.8. The molecule has 0 aliphatic carbocycles. The number of likely N-dealkylation sites (tertiary alicyclic amines) is 1. The number of amides is 2. The van der Waals surface area contributed by atoms with Crippen LogP contribution in [0.3, 0.4) is 0 Å². The topological polar surface area (TPSA) is 86.7 Å². The Balaban J connectivity index is 1.80. The molecule has 1 aliphatic rings. The first-order chi connectivity index (χ1) is 11.7. The average Bonchev–Trinajstić information content (AvgIpc) is 2.85. The maximum absolute atomic E-state index is 12.3. The highest BCUT2D eigenvalue weighted by molar-refractivity contribution is 5.89. The summed E-state index contributed by atoms with van der Waals surface area (Å²) < 4.78 is 37.0. The molecule has 9 heteroatoms. The molecule has 0 radical (unpaired) electrons. The summed E-state index contributed by atoms with van der Waals surface area (Å²) in [5, 5.41) is 11.3. The molecule has 6 nitrogen and oxygen atoms in total. The summed E-state index contributed by atoms with van der Waals surface area (Å²) in [4.78, 5) is 35.2. The van der Waals surface area contributed by atoms with Gasteiger partial charge < -0.3 is 15.3 Å². The van der Waals surface area contributed by atoms with Crippen molar-refractivity contribution in [3.63, 3.8) is 0 Å². The van der Waals surface area contributed by atoms with Gasteiger partial charge in [-0.2, -0.15) is 13.2 Å². The van der Waals surface area contributed by atoms with Crippen molar-refractivity contribution in [1.29, 1.82) is 0 Å². The number of aromatic carboxylic acids is 1. The molecule has 1 aromatic rings. The summed E-state index contributed by atoms with van der Waals surface area (Å²) in [5.74, 6) is -2.21. The van der Waals surface area contributed by atoms with Crippen LogP contribution in [0, 0.1) is 0 Å². The van der Waals surface area contributed by atoms with Gasteiger partial charge in [-0.15, -0.1) is 0 Å². The van der Waals surface area contributed by atoms with Crippen LogP contribution >= 0.6 is 0 Å². The predicted molar refractivity (Wildman–Crippen MR) is 80.9 cm³/mol. The highest BCUT2D eigenvalue weighted by Crippen LogP contribution is 2.21. The molecule has 2 N–H and O–H groups in total. The second kappa shape index (κ2) is 7.54. The Labute approximate surface area is 141 Å². The molecule has 0 saturated carbocycles. The quantitative estimate of drug-likeness (QED) is 0.809. The number of hydrogen-bond donors (Lipinski definition) is 2. The lowest BCUT2D eigenvalue weighted by Crippen LogP contribution is -2.43. The minimum atomic E-state index is -4.46. The van der Waals surface area contributed by atoms with Gasteiger partial charge in [0.25, 0.3) is 0 Å². The fourth-order valence-electron chi connectivity index (χ4n) is 2.58. The second-order valence-electron chi connectivity index (χ2n) is 5.79. The van der Waals surface area contributed by atoms with Gasteiger partial charge in [0.05, 0.1) is 5.56 Å². The van der Waals surface area contributed by atoms with Crippen LogP contribution in [0.2, 0.25) is 0 Å². The van der Waals surface area contributed by atoms with E-state index in [1.165, 1.54) is 12.1 Å². The molecule has 2 amide bonds. The number of aryl methyl sites for hydroxylation is 1. The minimum absolute atomic E-state index is 0.0417. The number of benzene rings is 1. The van der Waals surface area contributed by atoms with Crippen molar-refractivity contribution < 1.29 is 32.7 Å². The van der Waals surface area contributed by atoms with Crippen LogP contribution in [0.5, 0.6) is 0 Å². The van der Waals surface area contributed by atoms with E-state index in [0.717, 1.165) is 5.56 Å². The molecular formula is C16H17F3N2O4. The van der Waals surface area contributed by atoms with E-state index in [-0.39, 0.29) is 24.9 Å². The Morgan fingerprint density at radius 2 is 1.88 bits per heavy atom. The summed E-state index contributed by atoms with van der Waals surface area (Å²) in [7, 11) is 0. The number of carboxylic acid groups (broad SMARTS) is 1. The van der Waals surface area contributed by atoms with E-state index < -0.39 is 36.5 Å². The minimum Gasteiger partial charge on any atom is -0.478 e. The molecule has 0 unspecified atom stereocenters. The van der Waals surface area contributed by atoms with E-state index in [2.05, 4.69) is 5.32 Å². The van der Waals surface area contributed by atoms with Gasteiger partial charge in [-0.3, -0.25) is 9.59 Å².